The highest BCUT2D eigenvalue weighted by Crippen LogP contribution is 2.17. The fourth-order valence-corrected chi connectivity index (χ4v) is 1.01. The summed E-state index contributed by atoms with van der Waals surface area (Å²) in [6, 6.07) is 3.84. The van der Waals surface area contributed by atoms with E-state index in [2.05, 4.69) is 13.2 Å². The topological polar surface area (TPSA) is 37.3 Å². The Kier molecular flexibility index (Phi) is 2.82. The van der Waals surface area contributed by atoms with Crippen LogP contribution in [0.25, 0.3) is 5.57 Å². The second-order valence-electron chi connectivity index (χ2n) is 2.73. The Morgan fingerprint density at radius 3 is 2.57 bits per heavy atom. The first-order valence-electron chi connectivity index (χ1n) is 3.91. The molecule has 0 aliphatic carbocycles. The maximum absolute atomic E-state index is 13.1. The largest absolute Gasteiger partial charge is 0.478 e. The molecule has 72 valence electrons. The molecule has 0 aliphatic rings. The van der Waals surface area contributed by atoms with E-state index in [1.54, 1.807) is 0 Å². The number of aromatic carboxylic acids is 1. The predicted molar refractivity (Wildman–Crippen MR) is 52.6 cm³/mol. The molecular formula is C11H9FO2. The van der Waals surface area contributed by atoms with Crippen LogP contribution in [0.4, 0.5) is 4.39 Å². The van der Waals surface area contributed by atoms with Crippen LogP contribution in [-0.2, 0) is 0 Å². The number of hydrogen-bond acceptors (Lipinski definition) is 1. The van der Waals surface area contributed by atoms with Gasteiger partial charge in [0.1, 0.15) is 5.82 Å². The van der Waals surface area contributed by atoms with Gasteiger partial charge in [0.2, 0.25) is 0 Å². The Bertz CT molecular complexity index is 408. The highest BCUT2D eigenvalue weighted by molar-refractivity contribution is 5.88. The summed E-state index contributed by atoms with van der Waals surface area (Å²) in [5, 5.41) is 8.57. The highest BCUT2D eigenvalue weighted by Gasteiger charge is 2.10. The van der Waals surface area contributed by atoms with Crippen molar-refractivity contribution in [1.82, 2.24) is 0 Å². The smallest absolute Gasteiger partial charge is 0.338 e. The van der Waals surface area contributed by atoms with Gasteiger partial charge in [0, 0.05) is 0 Å². The van der Waals surface area contributed by atoms with E-state index in [0.717, 1.165) is 6.07 Å². The monoisotopic (exact) mass is 192 g/mol. The number of allylic oxidation sites excluding steroid dienone is 2. The maximum Gasteiger partial charge on any atom is 0.338 e. The van der Waals surface area contributed by atoms with E-state index in [4.69, 9.17) is 5.11 Å². The summed E-state index contributed by atoms with van der Waals surface area (Å²) < 4.78 is 13.1. The third-order valence-corrected chi connectivity index (χ3v) is 1.82. The standard InChI is InChI=1S/C11H9FO2/c1-3-7(2)8-4-5-9(11(13)14)10(12)6-8/h3-6H,1-2H2,(H,13,14). The first kappa shape index (κ1) is 10.2. The fraction of sp³-hybridized carbons (Fsp3) is 0. The van der Waals surface area contributed by atoms with Crippen molar-refractivity contribution in [2.75, 3.05) is 0 Å². The summed E-state index contributed by atoms with van der Waals surface area (Å²) in [7, 11) is 0. The fourth-order valence-electron chi connectivity index (χ4n) is 1.01. The van der Waals surface area contributed by atoms with Crippen LogP contribution in [0, 0.1) is 5.82 Å². The number of rotatable bonds is 3. The van der Waals surface area contributed by atoms with Crippen LogP contribution in [0.5, 0.6) is 0 Å². The van der Waals surface area contributed by atoms with Crippen LogP contribution < -0.4 is 0 Å². The molecule has 2 nitrogen and oxygen atoms in total. The average Bonchev–Trinajstić information content (AvgIpc) is 2.15. The summed E-state index contributed by atoms with van der Waals surface area (Å²) in [6.45, 7) is 7.11. The summed E-state index contributed by atoms with van der Waals surface area (Å²) in [5.41, 5.74) is 0.744. The van der Waals surface area contributed by atoms with Gasteiger partial charge in [-0.2, -0.15) is 0 Å². The number of halogens is 1. The zero-order valence-electron chi connectivity index (χ0n) is 7.46. The van der Waals surface area contributed by atoms with Crippen molar-refractivity contribution in [2.24, 2.45) is 0 Å². The van der Waals surface area contributed by atoms with Crippen molar-refractivity contribution in [3.05, 3.63) is 54.4 Å². The van der Waals surface area contributed by atoms with Gasteiger partial charge in [-0.25, -0.2) is 9.18 Å². The second-order valence-corrected chi connectivity index (χ2v) is 2.73. The van der Waals surface area contributed by atoms with Gasteiger partial charge in [-0.05, 0) is 23.3 Å². The van der Waals surface area contributed by atoms with E-state index in [1.807, 2.05) is 0 Å². The van der Waals surface area contributed by atoms with Gasteiger partial charge in [-0.3, -0.25) is 0 Å². The van der Waals surface area contributed by atoms with Gasteiger partial charge in [-0.1, -0.05) is 25.3 Å². The lowest BCUT2D eigenvalue weighted by molar-refractivity contribution is 0.0692. The van der Waals surface area contributed by atoms with Crippen molar-refractivity contribution >= 4 is 11.5 Å². The van der Waals surface area contributed by atoms with E-state index in [-0.39, 0.29) is 5.56 Å². The molecular weight excluding hydrogens is 183 g/mol. The lowest BCUT2D eigenvalue weighted by atomic mass is 10.1. The molecule has 1 rings (SSSR count). The Hall–Kier alpha value is -1.90. The van der Waals surface area contributed by atoms with Crippen LogP contribution in [0.1, 0.15) is 15.9 Å². The van der Waals surface area contributed by atoms with Crippen molar-refractivity contribution in [3.63, 3.8) is 0 Å². The molecule has 0 bridgehead atoms. The zero-order valence-corrected chi connectivity index (χ0v) is 7.46. The molecule has 1 aromatic rings. The lowest BCUT2D eigenvalue weighted by Crippen LogP contribution is -2.00. The molecule has 0 heterocycles. The van der Waals surface area contributed by atoms with Gasteiger partial charge in [-0.15, -0.1) is 0 Å². The van der Waals surface area contributed by atoms with Gasteiger partial charge in [0.25, 0.3) is 0 Å². The van der Waals surface area contributed by atoms with Crippen LogP contribution in [-0.4, -0.2) is 11.1 Å². The van der Waals surface area contributed by atoms with E-state index >= 15 is 0 Å². The summed E-state index contributed by atoms with van der Waals surface area (Å²) in [6.07, 6.45) is 1.48. The molecule has 0 radical (unpaired) electrons. The lowest BCUT2D eigenvalue weighted by Gasteiger charge is -2.02. The molecule has 1 N–H and O–H groups in total. The highest BCUT2D eigenvalue weighted by atomic mass is 19.1. The molecule has 14 heavy (non-hydrogen) atoms. The number of hydrogen-bond donors (Lipinski definition) is 1. The third-order valence-electron chi connectivity index (χ3n) is 1.82. The molecule has 0 unspecified atom stereocenters. The molecule has 0 aromatic heterocycles. The van der Waals surface area contributed by atoms with Crippen LogP contribution >= 0.6 is 0 Å². The van der Waals surface area contributed by atoms with E-state index in [1.165, 1.54) is 18.2 Å². The Morgan fingerprint density at radius 2 is 2.14 bits per heavy atom. The SMILES string of the molecule is C=CC(=C)c1ccc(C(=O)O)c(F)c1. The summed E-state index contributed by atoms with van der Waals surface area (Å²) in [5.74, 6) is -2.05. The number of carbonyl (C=O) groups is 1. The molecule has 0 spiro atoms. The van der Waals surface area contributed by atoms with E-state index in [0.29, 0.717) is 11.1 Å². The van der Waals surface area contributed by atoms with Crippen molar-refractivity contribution < 1.29 is 14.3 Å². The number of benzene rings is 1. The second kappa shape index (κ2) is 3.87. The van der Waals surface area contributed by atoms with Gasteiger partial charge in [0.15, 0.2) is 0 Å². The van der Waals surface area contributed by atoms with Crippen LogP contribution in [0.15, 0.2) is 37.4 Å². The quantitative estimate of drug-likeness (QED) is 0.747. The van der Waals surface area contributed by atoms with E-state index < -0.39 is 11.8 Å². The van der Waals surface area contributed by atoms with Crippen LogP contribution in [0.3, 0.4) is 0 Å². The third kappa shape index (κ3) is 1.88. The minimum Gasteiger partial charge on any atom is -0.478 e. The normalized spacial score (nSPS) is 9.50. The molecule has 3 heteroatoms. The number of carboxylic acid groups (broad SMARTS) is 1. The van der Waals surface area contributed by atoms with E-state index in [9.17, 15) is 9.18 Å². The van der Waals surface area contributed by atoms with Gasteiger partial charge < -0.3 is 5.11 Å². The average molecular weight is 192 g/mol. The molecule has 0 saturated heterocycles. The maximum atomic E-state index is 13.1. The first-order valence-corrected chi connectivity index (χ1v) is 3.91. The first-order chi connectivity index (χ1) is 6.56. The molecule has 1 aromatic carbocycles. The van der Waals surface area contributed by atoms with Crippen molar-refractivity contribution in [1.29, 1.82) is 0 Å². The molecule has 0 saturated carbocycles. The summed E-state index contributed by atoms with van der Waals surface area (Å²) in [4.78, 5) is 10.5. The van der Waals surface area contributed by atoms with Gasteiger partial charge in [0.05, 0.1) is 5.56 Å². The minimum atomic E-state index is -1.28. The molecule has 0 amide bonds. The Balaban J connectivity index is 3.19. The van der Waals surface area contributed by atoms with Crippen LogP contribution in [0.2, 0.25) is 0 Å². The predicted octanol–water partition coefficient (Wildman–Crippen LogP) is 2.72. The van der Waals surface area contributed by atoms with Gasteiger partial charge >= 0.3 is 5.97 Å². The molecule has 0 aliphatic heterocycles. The number of carboxylic acids is 1. The minimum absolute atomic E-state index is 0.342. The summed E-state index contributed by atoms with van der Waals surface area (Å²) >= 11 is 0. The van der Waals surface area contributed by atoms with Crippen molar-refractivity contribution in [3.8, 4) is 0 Å². The molecule has 0 fully saturated rings. The Morgan fingerprint density at radius 1 is 1.50 bits per heavy atom. The Labute approximate surface area is 81.0 Å². The zero-order chi connectivity index (χ0) is 10.7. The molecule has 0 atom stereocenters. The van der Waals surface area contributed by atoms with Crippen molar-refractivity contribution in [2.45, 2.75) is 0 Å².